The first-order chi connectivity index (χ1) is 15.7. The summed E-state index contributed by atoms with van der Waals surface area (Å²) in [4.78, 5) is 20.3. The van der Waals surface area contributed by atoms with Gasteiger partial charge in [-0.05, 0) is 68.6 Å². The molecule has 0 radical (unpaired) electrons. The van der Waals surface area contributed by atoms with Gasteiger partial charge in [-0.2, -0.15) is 0 Å². The van der Waals surface area contributed by atoms with Crippen LogP contribution in [-0.2, 0) is 11.3 Å². The number of likely N-dealkylation sites (tertiary alicyclic amines) is 1. The van der Waals surface area contributed by atoms with Gasteiger partial charge in [0.25, 0.3) is 0 Å². The van der Waals surface area contributed by atoms with Crippen molar-refractivity contribution < 1.29 is 4.79 Å². The first kappa shape index (κ1) is 21.7. The van der Waals surface area contributed by atoms with E-state index >= 15 is 0 Å². The maximum Gasteiger partial charge on any atom is 0.224 e. The Morgan fingerprint density at radius 1 is 1.00 bits per heavy atom. The van der Waals surface area contributed by atoms with Crippen LogP contribution in [0, 0.1) is 5.92 Å². The standard InChI is InChI=1S/C26H31BrN4O/c27-20-12-14-22(15-13-20)31-24-11-5-4-10-23(24)29-25(31)18-30-16-6-7-19(17-30)26(32)28-21-8-2-1-3-9-21/h4-5,10-15,19,21H,1-3,6-9,16-18H2,(H,28,32)/t19-/m0/s1. The topological polar surface area (TPSA) is 50.2 Å². The number of hydrogen-bond donors (Lipinski definition) is 1. The molecule has 3 aromatic rings. The van der Waals surface area contributed by atoms with Crippen LogP contribution in [0.2, 0.25) is 0 Å². The van der Waals surface area contributed by atoms with Crippen molar-refractivity contribution in [2.24, 2.45) is 5.92 Å². The molecule has 32 heavy (non-hydrogen) atoms. The second kappa shape index (κ2) is 9.75. The molecule has 1 amide bonds. The molecule has 2 aromatic carbocycles. The van der Waals surface area contributed by atoms with Crippen molar-refractivity contribution in [3.05, 3.63) is 58.8 Å². The van der Waals surface area contributed by atoms with Gasteiger partial charge in [0.05, 0.1) is 23.5 Å². The summed E-state index contributed by atoms with van der Waals surface area (Å²) in [6, 6.07) is 17.1. The molecule has 1 aromatic heterocycles. The number of halogens is 1. The Morgan fingerprint density at radius 3 is 2.59 bits per heavy atom. The zero-order chi connectivity index (χ0) is 21.9. The van der Waals surface area contributed by atoms with E-state index in [0.29, 0.717) is 6.04 Å². The fourth-order valence-electron chi connectivity index (χ4n) is 5.24. The van der Waals surface area contributed by atoms with E-state index in [9.17, 15) is 4.79 Å². The van der Waals surface area contributed by atoms with Gasteiger partial charge in [-0.1, -0.05) is 47.3 Å². The van der Waals surface area contributed by atoms with Gasteiger partial charge in [-0.15, -0.1) is 0 Å². The minimum atomic E-state index is 0.0798. The van der Waals surface area contributed by atoms with Crippen molar-refractivity contribution in [2.75, 3.05) is 13.1 Å². The molecule has 1 aliphatic heterocycles. The average molecular weight is 495 g/mol. The Kier molecular flexibility index (Phi) is 6.60. The highest BCUT2D eigenvalue weighted by molar-refractivity contribution is 9.10. The largest absolute Gasteiger partial charge is 0.353 e. The van der Waals surface area contributed by atoms with Gasteiger partial charge in [0.15, 0.2) is 0 Å². The van der Waals surface area contributed by atoms with E-state index in [-0.39, 0.29) is 11.8 Å². The van der Waals surface area contributed by atoms with Gasteiger partial charge in [-0.25, -0.2) is 4.98 Å². The summed E-state index contributed by atoms with van der Waals surface area (Å²) in [5, 5.41) is 3.35. The second-order valence-corrected chi connectivity index (χ2v) is 10.2. The summed E-state index contributed by atoms with van der Waals surface area (Å²) in [7, 11) is 0. The molecule has 5 nitrogen and oxygen atoms in total. The quantitative estimate of drug-likeness (QED) is 0.512. The zero-order valence-electron chi connectivity index (χ0n) is 18.5. The Labute approximate surface area is 198 Å². The van der Waals surface area contributed by atoms with Crippen molar-refractivity contribution in [3.8, 4) is 5.69 Å². The van der Waals surface area contributed by atoms with Gasteiger partial charge >= 0.3 is 0 Å². The number of para-hydroxylation sites is 2. The lowest BCUT2D eigenvalue weighted by Crippen LogP contribution is -2.46. The predicted octanol–water partition coefficient (Wildman–Crippen LogP) is 5.45. The van der Waals surface area contributed by atoms with Crippen LogP contribution in [0.15, 0.2) is 53.0 Å². The molecular formula is C26H31BrN4O. The number of piperidine rings is 1. The van der Waals surface area contributed by atoms with Gasteiger partial charge in [-0.3, -0.25) is 14.3 Å². The predicted molar refractivity (Wildman–Crippen MR) is 132 cm³/mol. The summed E-state index contributed by atoms with van der Waals surface area (Å²) in [6.45, 7) is 2.57. The summed E-state index contributed by atoms with van der Waals surface area (Å²) in [5.41, 5.74) is 3.24. The van der Waals surface area contributed by atoms with Gasteiger partial charge < -0.3 is 5.32 Å². The van der Waals surface area contributed by atoms with Crippen molar-refractivity contribution >= 4 is 32.9 Å². The van der Waals surface area contributed by atoms with Gasteiger partial charge in [0.1, 0.15) is 5.82 Å². The number of carbonyl (C=O) groups is 1. The number of nitrogens with one attached hydrogen (secondary N) is 1. The minimum absolute atomic E-state index is 0.0798. The van der Waals surface area contributed by atoms with Crippen LogP contribution in [0.4, 0.5) is 0 Å². The lowest BCUT2D eigenvalue weighted by atomic mass is 9.93. The highest BCUT2D eigenvalue weighted by Gasteiger charge is 2.28. The smallest absolute Gasteiger partial charge is 0.224 e. The Balaban J connectivity index is 1.34. The van der Waals surface area contributed by atoms with E-state index in [1.807, 2.05) is 6.07 Å². The molecule has 2 aliphatic rings. The normalized spacial score (nSPS) is 20.5. The number of carbonyl (C=O) groups excluding carboxylic acids is 1. The van der Waals surface area contributed by atoms with Crippen LogP contribution in [-0.4, -0.2) is 39.5 Å². The first-order valence-corrected chi connectivity index (χ1v) is 12.7. The Bertz CT molecular complexity index is 1070. The Hall–Kier alpha value is -2.18. The van der Waals surface area contributed by atoms with Crippen molar-refractivity contribution in [2.45, 2.75) is 57.5 Å². The maximum absolute atomic E-state index is 13.0. The molecule has 168 valence electrons. The number of hydrogen-bond acceptors (Lipinski definition) is 3. The summed E-state index contributed by atoms with van der Waals surface area (Å²) in [6.07, 6.45) is 8.11. The minimum Gasteiger partial charge on any atom is -0.353 e. The van der Waals surface area contributed by atoms with Crippen LogP contribution in [0.5, 0.6) is 0 Å². The highest BCUT2D eigenvalue weighted by atomic mass is 79.9. The molecule has 1 atom stereocenters. The first-order valence-electron chi connectivity index (χ1n) is 11.9. The summed E-state index contributed by atoms with van der Waals surface area (Å²) >= 11 is 3.54. The van der Waals surface area contributed by atoms with E-state index in [1.54, 1.807) is 0 Å². The van der Waals surface area contributed by atoms with E-state index in [2.05, 4.69) is 73.2 Å². The van der Waals surface area contributed by atoms with Crippen LogP contribution in [0.3, 0.4) is 0 Å². The number of rotatable bonds is 5. The molecule has 5 rings (SSSR count). The summed E-state index contributed by atoms with van der Waals surface area (Å²) in [5.74, 6) is 1.36. The zero-order valence-corrected chi connectivity index (χ0v) is 20.1. The number of amides is 1. The lowest BCUT2D eigenvalue weighted by Gasteiger charge is -2.33. The highest BCUT2D eigenvalue weighted by Crippen LogP contribution is 2.26. The molecular weight excluding hydrogens is 464 g/mol. The van der Waals surface area contributed by atoms with Crippen LogP contribution < -0.4 is 5.32 Å². The SMILES string of the molecule is O=C(NC1CCCCC1)[C@H]1CCCN(Cc2nc3ccccc3n2-c2ccc(Br)cc2)C1. The van der Waals surface area contributed by atoms with E-state index in [0.717, 1.165) is 72.3 Å². The molecule has 0 unspecified atom stereocenters. The van der Waals surface area contributed by atoms with Gasteiger partial charge in [0.2, 0.25) is 5.91 Å². The lowest BCUT2D eigenvalue weighted by molar-refractivity contribution is -0.127. The molecule has 1 aliphatic carbocycles. The summed E-state index contributed by atoms with van der Waals surface area (Å²) < 4.78 is 3.32. The second-order valence-electron chi connectivity index (χ2n) is 9.25. The third-order valence-electron chi connectivity index (χ3n) is 6.91. The number of nitrogens with zero attached hydrogens (tertiary/aromatic N) is 3. The molecule has 1 N–H and O–H groups in total. The molecule has 0 bridgehead atoms. The average Bonchev–Trinajstić information content (AvgIpc) is 3.18. The fourth-order valence-corrected chi connectivity index (χ4v) is 5.50. The van der Waals surface area contributed by atoms with Crippen LogP contribution >= 0.6 is 15.9 Å². The van der Waals surface area contributed by atoms with Crippen LogP contribution in [0.25, 0.3) is 16.7 Å². The molecule has 0 spiro atoms. The van der Waals surface area contributed by atoms with Gasteiger partial charge in [0, 0.05) is 22.7 Å². The fraction of sp³-hybridized carbons (Fsp3) is 0.462. The number of benzene rings is 2. The molecule has 1 saturated carbocycles. The van der Waals surface area contributed by atoms with E-state index in [1.165, 1.54) is 19.3 Å². The van der Waals surface area contributed by atoms with E-state index in [4.69, 9.17) is 4.98 Å². The van der Waals surface area contributed by atoms with Crippen molar-refractivity contribution in [1.29, 1.82) is 0 Å². The molecule has 2 heterocycles. The third-order valence-corrected chi connectivity index (χ3v) is 7.44. The van der Waals surface area contributed by atoms with Crippen molar-refractivity contribution in [3.63, 3.8) is 0 Å². The molecule has 1 saturated heterocycles. The Morgan fingerprint density at radius 2 is 1.78 bits per heavy atom. The monoisotopic (exact) mass is 494 g/mol. The number of imidazole rings is 1. The molecule has 2 fully saturated rings. The number of aromatic nitrogens is 2. The maximum atomic E-state index is 13.0. The molecule has 6 heteroatoms. The van der Waals surface area contributed by atoms with Crippen molar-refractivity contribution in [1.82, 2.24) is 19.8 Å². The van der Waals surface area contributed by atoms with E-state index < -0.39 is 0 Å². The number of fused-ring (bicyclic) bond motifs is 1. The van der Waals surface area contributed by atoms with Crippen LogP contribution in [0.1, 0.15) is 50.8 Å². The third kappa shape index (κ3) is 4.76.